The van der Waals surface area contributed by atoms with Gasteiger partial charge < -0.3 is 4.74 Å². The molecule has 0 spiro atoms. The van der Waals surface area contributed by atoms with Crippen molar-refractivity contribution >= 4 is 34.8 Å². The van der Waals surface area contributed by atoms with Crippen molar-refractivity contribution in [2.75, 3.05) is 6.61 Å². The predicted molar refractivity (Wildman–Crippen MR) is 63.7 cm³/mol. The minimum atomic E-state index is -1.26. The van der Waals surface area contributed by atoms with Gasteiger partial charge in [-0.25, -0.2) is 0 Å². The molecule has 1 heterocycles. The molecule has 1 fully saturated rings. The average Bonchev–Trinajstić information content (AvgIpc) is 2.83. The third-order valence-corrected chi connectivity index (χ3v) is 2.92. The van der Waals surface area contributed by atoms with Crippen LogP contribution in [-0.4, -0.2) is 10.4 Å². The molecule has 0 aliphatic carbocycles. The summed E-state index contributed by atoms with van der Waals surface area (Å²) in [5.74, 6) is 0. The van der Waals surface area contributed by atoms with Gasteiger partial charge in [-0.1, -0.05) is 64.6 Å². The lowest BCUT2D eigenvalue weighted by atomic mass is 9.96. The monoisotopic (exact) mass is 264 g/mol. The molecule has 1 aromatic carbocycles. The second-order valence-electron chi connectivity index (χ2n) is 3.94. The number of rotatable bonds is 2. The number of benzene rings is 1. The minimum absolute atomic E-state index is 0.378. The molecule has 1 nitrogen and oxygen atoms in total. The summed E-state index contributed by atoms with van der Waals surface area (Å²) in [6.07, 6.45) is 0.397. The summed E-state index contributed by atoms with van der Waals surface area (Å²) in [5.41, 5.74) is 1.90. The summed E-state index contributed by atoms with van der Waals surface area (Å²) in [4.78, 5) is 0. The minimum Gasteiger partial charge on any atom is -0.364 e. The lowest BCUT2D eigenvalue weighted by Gasteiger charge is -2.18. The van der Waals surface area contributed by atoms with Crippen LogP contribution in [0.15, 0.2) is 24.3 Å². The Morgan fingerprint density at radius 3 is 2.53 bits per heavy atom. The van der Waals surface area contributed by atoms with E-state index in [4.69, 9.17) is 39.5 Å². The van der Waals surface area contributed by atoms with Gasteiger partial charge in [0.05, 0.1) is 6.61 Å². The first-order chi connectivity index (χ1) is 6.91. The van der Waals surface area contributed by atoms with E-state index in [1.807, 2.05) is 25.1 Å². The van der Waals surface area contributed by atoms with Crippen molar-refractivity contribution in [2.24, 2.45) is 0 Å². The third-order valence-electron chi connectivity index (χ3n) is 2.52. The SMILES string of the molecule is Cc1cccc(C2(CC(Cl)(Cl)Cl)CO2)c1. The standard InChI is InChI=1S/C11H11Cl3O/c1-8-3-2-4-9(5-8)10(7-15-10)6-11(12,13)14/h2-5H,6-7H2,1H3. The van der Waals surface area contributed by atoms with Gasteiger partial charge >= 0.3 is 0 Å². The molecule has 0 N–H and O–H groups in total. The highest BCUT2D eigenvalue weighted by Crippen LogP contribution is 2.49. The quantitative estimate of drug-likeness (QED) is 0.582. The first kappa shape index (κ1) is 11.5. The Bertz CT molecular complexity index is 366. The molecular formula is C11H11Cl3O. The molecule has 0 aromatic heterocycles. The molecular weight excluding hydrogens is 254 g/mol. The molecule has 2 rings (SSSR count). The number of halogens is 3. The highest BCUT2D eigenvalue weighted by molar-refractivity contribution is 6.67. The van der Waals surface area contributed by atoms with Crippen molar-refractivity contribution in [3.8, 4) is 0 Å². The number of epoxide rings is 1. The van der Waals surface area contributed by atoms with E-state index in [1.54, 1.807) is 0 Å². The highest BCUT2D eigenvalue weighted by atomic mass is 35.6. The van der Waals surface area contributed by atoms with Gasteiger partial charge in [0.2, 0.25) is 0 Å². The van der Waals surface area contributed by atoms with Gasteiger partial charge in [0, 0.05) is 6.42 Å². The van der Waals surface area contributed by atoms with Crippen LogP contribution in [0.5, 0.6) is 0 Å². The van der Waals surface area contributed by atoms with Crippen LogP contribution in [0.3, 0.4) is 0 Å². The van der Waals surface area contributed by atoms with Gasteiger partial charge in [-0.2, -0.15) is 0 Å². The van der Waals surface area contributed by atoms with E-state index in [-0.39, 0.29) is 5.60 Å². The van der Waals surface area contributed by atoms with E-state index in [2.05, 4.69) is 6.07 Å². The van der Waals surface area contributed by atoms with E-state index in [9.17, 15) is 0 Å². The maximum atomic E-state index is 5.80. The Morgan fingerprint density at radius 1 is 1.40 bits per heavy atom. The zero-order valence-electron chi connectivity index (χ0n) is 8.27. The van der Waals surface area contributed by atoms with Crippen LogP contribution >= 0.6 is 34.8 Å². The van der Waals surface area contributed by atoms with Gasteiger partial charge in [0.25, 0.3) is 0 Å². The van der Waals surface area contributed by atoms with Crippen molar-refractivity contribution in [3.05, 3.63) is 35.4 Å². The van der Waals surface area contributed by atoms with Gasteiger partial charge in [0.1, 0.15) is 5.60 Å². The molecule has 1 atom stereocenters. The van der Waals surface area contributed by atoms with E-state index in [0.29, 0.717) is 13.0 Å². The molecule has 1 aliphatic rings. The molecule has 1 unspecified atom stereocenters. The maximum absolute atomic E-state index is 5.80. The van der Waals surface area contributed by atoms with E-state index in [1.165, 1.54) is 5.56 Å². The summed E-state index contributed by atoms with van der Waals surface area (Å²) in [5, 5.41) is 0. The fraction of sp³-hybridized carbons (Fsp3) is 0.455. The van der Waals surface area contributed by atoms with Gasteiger partial charge in [-0.15, -0.1) is 0 Å². The topological polar surface area (TPSA) is 12.5 Å². The second-order valence-corrected chi connectivity index (χ2v) is 6.46. The van der Waals surface area contributed by atoms with Crippen molar-refractivity contribution in [1.82, 2.24) is 0 Å². The summed E-state index contributed by atoms with van der Waals surface area (Å²) >= 11 is 17.4. The molecule has 82 valence electrons. The molecule has 0 saturated carbocycles. The zero-order valence-corrected chi connectivity index (χ0v) is 10.5. The first-order valence-corrected chi connectivity index (χ1v) is 5.83. The van der Waals surface area contributed by atoms with Gasteiger partial charge in [-0.3, -0.25) is 0 Å². The Kier molecular flexibility index (Phi) is 2.93. The molecule has 1 aliphatic heterocycles. The van der Waals surface area contributed by atoms with Crippen molar-refractivity contribution in [1.29, 1.82) is 0 Å². The van der Waals surface area contributed by atoms with Crippen molar-refractivity contribution in [3.63, 3.8) is 0 Å². The summed E-state index contributed by atoms with van der Waals surface area (Å²) in [6, 6.07) is 8.11. The molecule has 4 heteroatoms. The first-order valence-electron chi connectivity index (χ1n) is 4.69. The van der Waals surface area contributed by atoms with Crippen LogP contribution in [0.25, 0.3) is 0 Å². The van der Waals surface area contributed by atoms with Gasteiger partial charge in [-0.05, 0) is 12.5 Å². The van der Waals surface area contributed by atoms with Gasteiger partial charge in [0.15, 0.2) is 3.79 Å². The number of alkyl halides is 3. The summed E-state index contributed by atoms with van der Waals surface area (Å²) < 4.78 is 4.20. The maximum Gasteiger partial charge on any atom is 0.193 e. The lowest BCUT2D eigenvalue weighted by Crippen LogP contribution is -2.18. The van der Waals surface area contributed by atoms with Crippen LogP contribution in [0, 0.1) is 6.92 Å². The zero-order chi connectivity index (χ0) is 11.1. The van der Waals surface area contributed by atoms with E-state index >= 15 is 0 Å². The lowest BCUT2D eigenvalue weighted by molar-refractivity contribution is 0.295. The van der Waals surface area contributed by atoms with Crippen LogP contribution in [-0.2, 0) is 10.3 Å². The fourth-order valence-electron chi connectivity index (χ4n) is 1.71. The third kappa shape index (κ3) is 2.79. The van der Waals surface area contributed by atoms with E-state index < -0.39 is 3.79 Å². The van der Waals surface area contributed by atoms with Crippen LogP contribution in [0.1, 0.15) is 17.5 Å². The molecule has 0 amide bonds. The highest BCUT2D eigenvalue weighted by Gasteiger charge is 2.51. The Labute approximate surface area is 104 Å². The summed E-state index contributed by atoms with van der Waals surface area (Å²) in [6.45, 7) is 2.67. The van der Waals surface area contributed by atoms with Crippen LogP contribution in [0.2, 0.25) is 0 Å². The number of ether oxygens (including phenoxy) is 1. The molecule has 15 heavy (non-hydrogen) atoms. The average molecular weight is 266 g/mol. The molecule has 0 bridgehead atoms. The van der Waals surface area contributed by atoms with Crippen LogP contribution < -0.4 is 0 Å². The molecule has 1 saturated heterocycles. The molecule has 1 aromatic rings. The molecule has 0 radical (unpaired) electrons. The predicted octanol–water partition coefficient (Wildman–Crippen LogP) is 3.98. The van der Waals surface area contributed by atoms with Crippen LogP contribution in [0.4, 0.5) is 0 Å². The Morgan fingerprint density at radius 2 is 2.07 bits per heavy atom. The Hall–Kier alpha value is 0.0500. The van der Waals surface area contributed by atoms with Crippen molar-refractivity contribution in [2.45, 2.75) is 22.7 Å². The van der Waals surface area contributed by atoms with Crippen molar-refractivity contribution < 1.29 is 4.74 Å². The second kappa shape index (κ2) is 3.81. The summed E-state index contributed by atoms with van der Waals surface area (Å²) in [7, 11) is 0. The normalized spacial score (nSPS) is 25.3. The number of hydrogen-bond donors (Lipinski definition) is 0. The smallest absolute Gasteiger partial charge is 0.193 e. The Balaban J connectivity index is 2.23. The number of hydrogen-bond acceptors (Lipinski definition) is 1. The largest absolute Gasteiger partial charge is 0.364 e. The van der Waals surface area contributed by atoms with E-state index in [0.717, 1.165) is 5.56 Å². The fourth-order valence-corrected chi connectivity index (χ4v) is 2.36. The number of aryl methyl sites for hydroxylation is 1.